The van der Waals surface area contributed by atoms with Crippen molar-refractivity contribution in [3.05, 3.63) is 66.0 Å². The maximum atomic E-state index is 13.8. The summed E-state index contributed by atoms with van der Waals surface area (Å²) >= 11 is 0. The second kappa shape index (κ2) is 6.63. The average Bonchev–Trinajstić information content (AvgIpc) is 2.92. The quantitative estimate of drug-likeness (QED) is 0.819. The molecule has 3 rings (SSSR count). The van der Waals surface area contributed by atoms with Gasteiger partial charge in [-0.1, -0.05) is 20.4 Å². The van der Waals surface area contributed by atoms with Crippen molar-refractivity contribution in [2.75, 3.05) is 17.2 Å². The van der Waals surface area contributed by atoms with Crippen LogP contribution in [0.3, 0.4) is 0 Å². The number of hydrogen-bond acceptors (Lipinski definition) is 3. The van der Waals surface area contributed by atoms with Gasteiger partial charge in [0, 0.05) is 22.2 Å². The Bertz CT molecular complexity index is 906. The van der Waals surface area contributed by atoms with Crippen LogP contribution in [0.25, 0.3) is 0 Å². The summed E-state index contributed by atoms with van der Waals surface area (Å²) in [6.45, 7) is 7.99. The number of anilines is 2. The zero-order chi connectivity index (χ0) is 18.9. The maximum absolute atomic E-state index is 13.8. The SMILES string of the molecule is C=CC(=O)Nc1cc(NC(=O)c2ccc3c(c2)C(C)(C)CO3)ccc1F. The second-order valence-corrected chi connectivity index (χ2v) is 6.73. The van der Waals surface area contributed by atoms with E-state index in [0.29, 0.717) is 17.9 Å². The van der Waals surface area contributed by atoms with Crippen LogP contribution in [0.15, 0.2) is 49.1 Å². The van der Waals surface area contributed by atoms with Gasteiger partial charge in [0.25, 0.3) is 5.91 Å². The second-order valence-electron chi connectivity index (χ2n) is 6.73. The molecule has 5 nitrogen and oxygen atoms in total. The highest BCUT2D eigenvalue weighted by atomic mass is 19.1. The number of rotatable bonds is 4. The fraction of sp³-hybridized carbons (Fsp3) is 0.200. The summed E-state index contributed by atoms with van der Waals surface area (Å²) in [5, 5.41) is 5.07. The Balaban J connectivity index is 1.82. The molecule has 0 bridgehead atoms. The summed E-state index contributed by atoms with van der Waals surface area (Å²) in [4.78, 5) is 23.9. The number of ether oxygens (including phenoxy) is 1. The molecule has 2 aromatic carbocycles. The first-order chi connectivity index (χ1) is 12.3. The minimum atomic E-state index is -0.602. The van der Waals surface area contributed by atoms with Gasteiger partial charge in [-0.25, -0.2) is 4.39 Å². The third-order valence-electron chi connectivity index (χ3n) is 4.23. The van der Waals surface area contributed by atoms with Crippen molar-refractivity contribution in [2.45, 2.75) is 19.3 Å². The molecule has 0 radical (unpaired) electrons. The fourth-order valence-corrected chi connectivity index (χ4v) is 2.75. The molecule has 1 aliphatic rings. The third kappa shape index (κ3) is 3.44. The Hall–Kier alpha value is -3.15. The molecule has 1 heterocycles. The standard InChI is InChI=1S/C20H19FN2O3/c1-4-18(24)23-16-10-13(6-7-15(16)21)22-19(25)12-5-8-17-14(9-12)20(2,3)11-26-17/h4-10H,1,11H2,2-3H3,(H,22,25)(H,23,24). The minimum absolute atomic E-state index is 0.0313. The molecule has 134 valence electrons. The Kier molecular flexibility index (Phi) is 4.50. The van der Waals surface area contributed by atoms with Crippen LogP contribution in [0.1, 0.15) is 29.8 Å². The molecule has 2 amide bonds. The Morgan fingerprint density at radius 3 is 2.69 bits per heavy atom. The van der Waals surface area contributed by atoms with E-state index < -0.39 is 11.7 Å². The minimum Gasteiger partial charge on any atom is -0.492 e. The first-order valence-corrected chi connectivity index (χ1v) is 8.12. The smallest absolute Gasteiger partial charge is 0.255 e. The van der Waals surface area contributed by atoms with E-state index in [9.17, 15) is 14.0 Å². The Morgan fingerprint density at radius 2 is 1.96 bits per heavy atom. The lowest BCUT2D eigenvalue weighted by atomic mass is 9.86. The van der Waals surface area contributed by atoms with Gasteiger partial charge in [-0.15, -0.1) is 0 Å². The average molecular weight is 354 g/mol. The molecular formula is C20H19FN2O3. The lowest BCUT2D eigenvalue weighted by Gasteiger charge is -2.16. The van der Waals surface area contributed by atoms with E-state index in [2.05, 4.69) is 31.1 Å². The summed E-state index contributed by atoms with van der Waals surface area (Å²) < 4.78 is 19.4. The number of carbonyl (C=O) groups excluding carboxylic acids is 2. The Morgan fingerprint density at radius 1 is 1.19 bits per heavy atom. The normalized spacial score (nSPS) is 14.1. The summed E-state index contributed by atoms with van der Waals surface area (Å²) in [7, 11) is 0. The fourth-order valence-electron chi connectivity index (χ4n) is 2.75. The van der Waals surface area contributed by atoms with E-state index in [1.807, 2.05) is 6.07 Å². The van der Waals surface area contributed by atoms with Gasteiger partial charge in [-0.05, 0) is 42.5 Å². The van der Waals surface area contributed by atoms with E-state index in [4.69, 9.17) is 4.74 Å². The molecular weight excluding hydrogens is 335 g/mol. The summed E-state index contributed by atoms with van der Waals surface area (Å²) in [5.74, 6) is -0.686. The molecule has 0 atom stereocenters. The van der Waals surface area contributed by atoms with Crippen LogP contribution in [-0.4, -0.2) is 18.4 Å². The summed E-state index contributed by atoms with van der Waals surface area (Å²) in [6, 6.07) is 9.22. The van der Waals surface area contributed by atoms with Gasteiger partial charge >= 0.3 is 0 Å². The van der Waals surface area contributed by atoms with Crippen molar-refractivity contribution < 1.29 is 18.7 Å². The number of amides is 2. The van der Waals surface area contributed by atoms with Crippen molar-refractivity contribution in [3.8, 4) is 5.75 Å². The van der Waals surface area contributed by atoms with Crippen LogP contribution in [0.2, 0.25) is 0 Å². The van der Waals surface area contributed by atoms with Crippen molar-refractivity contribution in [3.63, 3.8) is 0 Å². The van der Waals surface area contributed by atoms with E-state index in [0.717, 1.165) is 17.4 Å². The highest BCUT2D eigenvalue weighted by Crippen LogP contribution is 2.38. The summed E-state index contributed by atoms with van der Waals surface area (Å²) in [6.07, 6.45) is 1.04. The molecule has 2 aromatic rings. The van der Waals surface area contributed by atoms with Crippen LogP contribution >= 0.6 is 0 Å². The molecule has 0 saturated heterocycles. The van der Waals surface area contributed by atoms with E-state index in [-0.39, 0.29) is 17.0 Å². The maximum Gasteiger partial charge on any atom is 0.255 e. The largest absolute Gasteiger partial charge is 0.492 e. The monoisotopic (exact) mass is 354 g/mol. The van der Waals surface area contributed by atoms with Crippen LogP contribution in [0.5, 0.6) is 5.75 Å². The molecule has 1 aliphatic heterocycles. The number of fused-ring (bicyclic) bond motifs is 1. The topological polar surface area (TPSA) is 67.4 Å². The molecule has 6 heteroatoms. The zero-order valence-corrected chi connectivity index (χ0v) is 14.6. The van der Waals surface area contributed by atoms with Crippen molar-refractivity contribution >= 4 is 23.2 Å². The molecule has 0 aliphatic carbocycles. The highest BCUT2D eigenvalue weighted by molar-refractivity contribution is 6.05. The molecule has 0 saturated carbocycles. The van der Waals surface area contributed by atoms with Gasteiger partial charge in [0.05, 0.1) is 12.3 Å². The van der Waals surface area contributed by atoms with Crippen LogP contribution in [-0.2, 0) is 10.2 Å². The van der Waals surface area contributed by atoms with Crippen molar-refractivity contribution in [1.82, 2.24) is 0 Å². The van der Waals surface area contributed by atoms with Gasteiger partial charge in [-0.2, -0.15) is 0 Å². The molecule has 0 aromatic heterocycles. The van der Waals surface area contributed by atoms with Gasteiger partial charge in [-0.3, -0.25) is 9.59 Å². The predicted molar refractivity (Wildman–Crippen MR) is 98.1 cm³/mol. The molecule has 0 fully saturated rings. The lowest BCUT2D eigenvalue weighted by Crippen LogP contribution is -2.19. The zero-order valence-electron chi connectivity index (χ0n) is 14.6. The number of nitrogens with one attached hydrogen (secondary N) is 2. The Labute approximate surface area is 150 Å². The van der Waals surface area contributed by atoms with Crippen LogP contribution in [0.4, 0.5) is 15.8 Å². The lowest BCUT2D eigenvalue weighted by molar-refractivity contribution is -0.111. The van der Waals surface area contributed by atoms with Crippen LogP contribution < -0.4 is 15.4 Å². The van der Waals surface area contributed by atoms with E-state index >= 15 is 0 Å². The number of carbonyl (C=O) groups is 2. The number of hydrogen-bond donors (Lipinski definition) is 2. The van der Waals surface area contributed by atoms with E-state index in [1.54, 1.807) is 12.1 Å². The van der Waals surface area contributed by atoms with Gasteiger partial charge in [0.2, 0.25) is 5.91 Å². The van der Waals surface area contributed by atoms with Crippen molar-refractivity contribution in [1.29, 1.82) is 0 Å². The first kappa shape index (κ1) is 17.7. The number of benzene rings is 2. The molecule has 26 heavy (non-hydrogen) atoms. The molecule has 2 N–H and O–H groups in total. The van der Waals surface area contributed by atoms with Crippen LogP contribution in [0, 0.1) is 5.82 Å². The predicted octanol–water partition coefficient (Wildman–Crippen LogP) is 3.87. The van der Waals surface area contributed by atoms with Gasteiger partial charge in [0.15, 0.2) is 0 Å². The summed E-state index contributed by atoms with van der Waals surface area (Å²) in [5.41, 5.74) is 1.62. The molecule has 0 spiro atoms. The third-order valence-corrected chi connectivity index (χ3v) is 4.23. The van der Waals surface area contributed by atoms with Gasteiger partial charge < -0.3 is 15.4 Å². The van der Waals surface area contributed by atoms with Crippen molar-refractivity contribution in [2.24, 2.45) is 0 Å². The van der Waals surface area contributed by atoms with E-state index in [1.165, 1.54) is 18.2 Å². The van der Waals surface area contributed by atoms with Gasteiger partial charge in [0.1, 0.15) is 11.6 Å². The number of halogens is 1. The highest BCUT2D eigenvalue weighted by Gasteiger charge is 2.32. The first-order valence-electron chi connectivity index (χ1n) is 8.12. The molecule has 0 unspecified atom stereocenters.